The van der Waals surface area contributed by atoms with Gasteiger partial charge in [0.1, 0.15) is 16.6 Å². The number of aromatic nitrogens is 5. The van der Waals surface area contributed by atoms with Gasteiger partial charge < -0.3 is 5.32 Å². The fourth-order valence-corrected chi connectivity index (χ4v) is 5.28. The highest BCUT2D eigenvalue weighted by atomic mass is 35.5. The van der Waals surface area contributed by atoms with Gasteiger partial charge in [0.2, 0.25) is 5.91 Å². The van der Waals surface area contributed by atoms with E-state index >= 15 is 0 Å². The molecule has 7 nitrogen and oxygen atoms in total. The first kappa shape index (κ1) is 21.6. The van der Waals surface area contributed by atoms with Crippen LogP contribution in [0.5, 0.6) is 0 Å². The van der Waals surface area contributed by atoms with Crippen LogP contribution in [0.4, 0.5) is 5.13 Å². The highest BCUT2D eigenvalue weighted by Crippen LogP contribution is 2.38. The van der Waals surface area contributed by atoms with Crippen LogP contribution in [0.3, 0.4) is 0 Å². The molecule has 3 aromatic heterocycles. The molecule has 1 amide bonds. The second kappa shape index (κ2) is 9.30. The molecule has 0 fully saturated rings. The number of hydrogen-bond acceptors (Lipinski definition) is 7. The van der Waals surface area contributed by atoms with Crippen molar-refractivity contribution in [3.8, 4) is 5.69 Å². The van der Waals surface area contributed by atoms with E-state index in [4.69, 9.17) is 11.6 Å². The summed E-state index contributed by atoms with van der Waals surface area (Å²) >= 11 is 9.12. The molecule has 1 N–H and O–H groups in total. The number of amides is 1. The lowest BCUT2D eigenvalue weighted by molar-refractivity contribution is -0.115. The Hall–Kier alpha value is -3.27. The number of benzene rings is 2. The molecule has 2 aromatic carbocycles. The first-order valence-electron chi connectivity index (χ1n) is 9.98. The van der Waals surface area contributed by atoms with Crippen molar-refractivity contribution in [2.24, 2.45) is 0 Å². The molecule has 0 bridgehead atoms. The summed E-state index contributed by atoms with van der Waals surface area (Å²) in [6, 6.07) is 17.0. The predicted molar refractivity (Wildman–Crippen MR) is 132 cm³/mol. The molecule has 1 atom stereocenters. The lowest BCUT2D eigenvalue weighted by Gasteiger charge is -2.16. The third-order valence-electron chi connectivity index (χ3n) is 4.83. The molecule has 33 heavy (non-hydrogen) atoms. The number of nitrogens with zero attached hydrogens (tertiary/aromatic N) is 5. The number of thioether (sulfide) groups is 1. The van der Waals surface area contributed by atoms with Gasteiger partial charge in [-0.2, -0.15) is 5.10 Å². The highest BCUT2D eigenvalue weighted by Gasteiger charge is 2.25. The SMILES string of the molecule is Cc1csc(NC(=O)C(Sc2ncnc3c2cnn3-c2ccccc2Cl)c2ccccc2)n1. The number of thiazole rings is 1. The molecule has 3 heterocycles. The fraction of sp³-hybridized carbons (Fsp3) is 0.0870. The number of rotatable bonds is 6. The molecule has 0 aliphatic heterocycles. The van der Waals surface area contributed by atoms with Gasteiger partial charge in [0.25, 0.3) is 0 Å². The maximum Gasteiger partial charge on any atom is 0.244 e. The van der Waals surface area contributed by atoms with E-state index in [-0.39, 0.29) is 5.91 Å². The van der Waals surface area contributed by atoms with Crippen LogP contribution in [-0.4, -0.2) is 30.6 Å². The summed E-state index contributed by atoms with van der Waals surface area (Å²) in [4.78, 5) is 26.5. The molecule has 0 saturated carbocycles. The topological polar surface area (TPSA) is 85.6 Å². The third-order valence-corrected chi connectivity index (χ3v) is 7.29. The van der Waals surface area contributed by atoms with Gasteiger partial charge in [-0.15, -0.1) is 11.3 Å². The number of halogens is 1. The van der Waals surface area contributed by atoms with E-state index < -0.39 is 5.25 Å². The van der Waals surface area contributed by atoms with Crippen molar-refractivity contribution in [3.05, 3.63) is 88.8 Å². The minimum atomic E-state index is -0.544. The summed E-state index contributed by atoms with van der Waals surface area (Å²) in [5.74, 6) is -0.175. The molecule has 0 aliphatic carbocycles. The first-order chi connectivity index (χ1) is 16.1. The van der Waals surface area contributed by atoms with Crippen LogP contribution in [-0.2, 0) is 4.79 Å². The Labute approximate surface area is 202 Å². The Bertz CT molecular complexity index is 1440. The monoisotopic (exact) mass is 492 g/mol. The Morgan fingerprint density at radius 1 is 1.12 bits per heavy atom. The maximum atomic E-state index is 13.3. The zero-order chi connectivity index (χ0) is 22.8. The molecule has 5 aromatic rings. The number of carbonyl (C=O) groups excluding carboxylic acids is 1. The standard InChI is InChI=1S/C23H17ClN6OS2/c1-14-12-32-23(28-14)29-21(31)19(15-7-3-2-4-8-15)33-22-16-11-27-30(20(16)25-13-26-22)18-10-6-5-9-17(18)24/h2-13,19H,1H3,(H,28,29,31). The Kier molecular flexibility index (Phi) is 6.08. The van der Waals surface area contributed by atoms with E-state index in [0.29, 0.717) is 20.8 Å². The average Bonchev–Trinajstić information content (AvgIpc) is 3.44. The molecule has 10 heteroatoms. The van der Waals surface area contributed by atoms with Crippen LogP contribution in [0.2, 0.25) is 5.02 Å². The molecule has 0 radical (unpaired) electrons. The summed E-state index contributed by atoms with van der Waals surface area (Å²) in [5, 5.41) is 11.3. The predicted octanol–water partition coefficient (Wildman–Crippen LogP) is 5.71. The third kappa shape index (κ3) is 4.47. The smallest absolute Gasteiger partial charge is 0.244 e. The minimum Gasteiger partial charge on any atom is -0.301 e. The van der Waals surface area contributed by atoms with Gasteiger partial charge in [-0.3, -0.25) is 4.79 Å². The lowest BCUT2D eigenvalue weighted by atomic mass is 10.1. The number of nitrogens with one attached hydrogen (secondary N) is 1. The van der Waals surface area contributed by atoms with Crippen molar-refractivity contribution in [2.45, 2.75) is 17.2 Å². The minimum absolute atomic E-state index is 0.175. The molecule has 0 saturated heterocycles. The molecule has 0 aliphatic rings. The number of aryl methyl sites for hydroxylation is 1. The van der Waals surface area contributed by atoms with E-state index in [1.807, 2.05) is 60.8 Å². The van der Waals surface area contributed by atoms with Gasteiger partial charge in [-0.05, 0) is 24.6 Å². The van der Waals surface area contributed by atoms with Crippen LogP contribution in [0.25, 0.3) is 16.7 Å². The highest BCUT2D eigenvalue weighted by molar-refractivity contribution is 8.00. The summed E-state index contributed by atoms with van der Waals surface area (Å²) in [7, 11) is 0. The van der Waals surface area contributed by atoms with Crippen molar-refractivity contribution in [3.63, 3.8) is 0 Å². The van der Waals surface area contributed by atoms with Gasteiger partial charge in [0, 0.05) is 5.38 Å². The van der Waals surface area contributed by atoms with E-state index in [1.54, 1.807) is 16.9 Å². The van der Waals surface area contributed by atoms with Crippen LogP contribution in [0, 0.1) is 6.92 Å². The Morgan fingerprint density at radius 2 is 1.91 bits per heavy atom. The summed E-state index contributed by atoms with van der Waals surface area (Å²) in [5.41, 5.74) is 3.06. The normalized spacial score (nSPS) is 12.1. The second-order valence-electron chi connectivity index (χ2n) is 7.12. The Morgan fingerprint density at radius 3 is 2.67 bits per heavy atom. The molecular weight excluding hydrogens is 476 g/mol. The molecule has 0 spiro atoms. The summed E-state index contributed by atoms with van der Waals surface area (Å²) in [6.45, 7) is 1.89. The molecular formula is C23H17ClN6OS2. The maximum absolute atomic E-state index is 13.3. The van der Waals surface area contributed by atoms with Crippen molar-refractivity contribution >= 4 is 56.8 Å². The summed E-state index contributed by atoms with van der Waals surface area (Å²) < 4.78 is 1.68. The zero-order valence-corrected chi connectivity index (χ0v) is 19.7. The van der Waals surface area contributed by atoms with Gasteiger partial charge in [-0.1, -0.05) is 65.8 Å². The van der Waals surface area contributed by atoms with Gasteiger partial charge in [-0.25, -0.2) is 19.6 Å². The van der Waals surface area contributed by atoms with Crippen molar-refractivity contribution in [1.82, 2.24) is 24.7 Å². The number of hydrogen-bond donors (Lipinski definition) is 1. The van der Waals surface area contributed by atoms with Gasteiger partial charge in [0.15, 0.2) is 10.8 Å². The van der Waals surface area contributed by atoms with E-state index in [2.05, 4.69) is 25.4 Å². The molecule has 5 rings (SSSR count). The van der Waals surface area contributed by atoms with Crippen molar-refractivity contribution in [2.75, 3.05) is 5.32 Å². The molecule has 1 unspecified atom stereocenters. The lowest BCUT2D eigenvalue weighted by Crippen LogP contribution is -2.19. The quantitative estimate of drug-likeness (QED) is 0.241. The zero-order valence-electron chi connectivity index (χ0n) is 17.3. The first-order valence-corrected chi connectivity index (χ1v) is 12.1. The number of para-hydroxylation sites is 1. The average molecular weight is 493 g/mol. The van der Waals surface area contributed by atoms with E-state index in [1.165, 1.54) is 29.4 Å². The van der Waals surface area contributed by atoms with Crippen LogP contribution in [0.1, 0.15) is 16.5 Å². The largest absolute Gasteiger partial charge is 0.301 e. The number of carbonyl (C=O) groups is 1. The van der Waals surface area contributed by atoms with Gasteiger partial charge >= 0.3 is 0 Å². The Balaban J connectivity index is 1.52. The molecule has 164 valence electrons. The van der Waals surface area contributed by atoms with Gasteiger partial charge in [0.05, 0.1) is 28.0 Å². The van der Waals surface area contributed by atoms with Crippen molar-refractivity contribution < 1.29 is 4.79 Å². The van der Waals surface area contributed by atoms with E-state index in [9.17, 15) is 4.79 Å². The van der Waals surface area contributed by atoms with Crippen LogP contribution in [0.15, 0.2) is 77.5 Å². The van der Waals surface area contributed by atoms with Crippen LogP contribution < -0.4 is 5.32 Å². The van der Waals surface area contributed by atoms with Crippen LogP contribution >= 0.6 is 34.7 Å². The number of anilines is 1. The van der Waals surface area contributed by atoms with Crippen molar-refractivity contribution in [1.29, 1.82) is 0 Å². The second-order valence-corrected chi connectivity index (χ2v) is 9.47. The fourth-order valence-electron chi connectivity index (χ4n) is 3.31. The number of fused-ring (bicyclic) bond motifs is 1. The summed E-state index contributed by atoms with van der Waals surface area (Å²) in [6.07, 6.45) is 3.18. The van der Waals surface area contributed by atoms with E-state index in [0.717, 1.165) is 22.3 Å².